The van der Waals surface area contributed by atoms with Gasteiger partial charge in [-0.1, -0.05) is 20.8 Å². The number of anilines is 1. The summed E-state index contributed by atoms with van der Waals surface area (Å²) in [6.07, 6.45) is 3.89. The fraction of sp³-hybridized carbons (Fsp3) is 0.733. The molecule has 22 heavy (non-hydrogen) atoms. The van der Waals surface area contributed by atoms with E-state index in [9.17, 15) is 9.59 Å². The van der Waals surface area contributed by atoms with Crippen LogP contribution in [0.15, 0.2) is 0 Å². The Morgan fingerprint density at radius 3 is 2.82 bits per heavy atom. The molecule has 0 spiro atoms. The van der Waals surface area contributed by atoms with Crippen LogP contribution in [0, 0.1) is 0 Å². The molecule has 1 aliphatic heterocycles. The molecule has 0 saturated carbocycles. The number of carbonyl (C=O) groups excluding carboxylic acids is 2. The van der Waals surface area contributed by atoms with Crippen LogP contribution in [0.4, 0.5) is 5.95 Å². The molecule has 122 valence electrons. The first-order valence-corrected chi connectivity index (χ1v) is 8.05. The Labute approximate surface area is 130 Å². The van der Waals surface area contributed by atoms with Crippen molar-refractivity contribution >= 4 is 17.8 Å². The summed E-state index contributed by atoms with van der Waals surface area (Å²) in [5.74, 6) is 1.09. The molecule has 1 aliphatic rings. The second-order valence-electron chi connectivity index (χ2n) is 6.04. The van der Waals surface area contributed by atoms with E-state index in [1.807, 2.05) is 20.8 Å². The lowest BCUT2D eigenvalue weighted by atomic mass is 10.0. The summed E-state index contributed by atoms with van der Waals surface area (Å²) in [6.45, 7) is 6.62. The number of hydrogen-bond acceptors (Lipinski definition) is 4. The van der Waals surface area contributed by atoms with Gasteiger partial charge in [-0.05, 0) is 25.7 Å². The number of carbonyl (C=O) groups is 2. The summed E-state index contributed by atoms with van der Waals surface area (Å²) in [5.41, 5.74) is 0. The number of likely N-dealkylation sites (tertiary alicyclic amines) is 1. The van der Waals surface area contributed by atoms with Crippen molar-refractivity contribution in [2.45, 2.75) is 64.8 Å². The lowest BCUT2D eigenvalue weighted by Crippen LogP contribution is -2.50. The van der Waals surface area contributed by atoms with Gasteiger partial charge in [-0.3, -0.25) is 20.0 Å². The monoisotopic (exact) mass is 307 g/mol. The van der Waals surface area contributed by atoms with Crippen LogP contribution in [0.3, 0.4) is 0 Å². The van der Waals surface area contributed by atoms with Crippen LogP contribution in [-0.2, 0) is 9.59 Å². The Kier molecular flexibility index (Phi) is 5.51. The Bertz CT molecular complexity index is 526. The minimum Gasteiger partial charge on any atom is -0.331 e. The molecule has 7 heteroatoms. The Morgan fingerprint density at radius 2 is 2.18 bits per heavy atom. The Balaban J connectivity index is 2.03. The fourth-order valence-electron chi connectivity index (χ4n) is 2.64. The van der Waals surface area contributed by atoms with E-state index in [4.69, 9.17) is 0 Å². The van der Waals surface area contributed by atoms with Crippen molar-refractivity contribution in [2.24, 2.45) is 0 Å². The SMILES string of the molecule is CCCC(=O)N1CCCC[C@@H]1C(=O)Nc1n[nH]c(C(C)C)n1. The van der Waals surface area contributed by atoms with E-state index in [1.165, 1.54) is 0 Å². The minimum absolute atomic E-state index is 0.0557. The van der Waals surface area contributed by atoms with Crippen LogP contribution in [0.1, 0.15) is 64.6 Å². The van der Waals surface area contributed by atoms with E-state index in [2.05, 4.69) is 20.5 Å². The van der Waals surface area contributed by atoms with E-state index < -0.39 is 6.04 Å². The van der Waals surface area contributed by atoms with Gasteiger partial charge >= 0.3 is 0 Å². The molecule has 1 atom stereocenters. The van der Waals surface area contributed by atoms with Gasteiger partial charge in [0.15, 0.2) is 0 Å². The van der Waals surface area contributed by atoms with Crippen LogP contribution in [-0.4, -0.2) is 44.5 Å². The highest BCUT2D eigenvalue weighted by atomic mass is 16.2. The van der Waals surface area contributed by atoms with E-state index >= 15 is 0 Å². The zero-order valence-corrected chi connectivity index (χ0v) is 13.6. The number of hydrogen-bond donors (Lipinski definition) is 2. The van der Waals surface area contributed by atoms with Gasteiger partial charge in [-0.15, -0.1) is 5.10 Å². The normalized spacial score (nSPS) is 18.5. The van der Waals surface area contributed by atoms with Crippen molar-refractivity contribution in [2.75, 3.05) is 11.9 Å². The van der Waals surface area contributed by atoms with Gasteiger partial charge in [0.05, 0.1) is 0 Å². The Morgan fingerprint density at radius 1 is 1.41 bits per heavy atom. The smallest absolute Gasteiger partial charge is 0.249 e. The number of aromatic nitrogens is 3. The van der Waals surface area contributed by atoms with Gasteiger partial charge in [-0.2, -0.15) is 4.98 Å². The van der Waals surface area contributed by atoms with E-state index in [0.717, 1.165) is 25.1 Å². The van der Waals surface area contributed by atoms with Crippen LogP contribution in [0.2, 0.25) is 0 Å². The predicted molar refractivity (Wildman–Crippen MR) is 83.4 cm³/mol. The van der Waals surface area contributed by atoms with Crippen LogP contribution in [0.5, 0.6) is 0 Å². The third kappa shape index (κ3) is 3.84. The molecule has 1 aromatic heterocycles. The highest BCUT2D eigenvalue weighted by molar-refractivity contribution is 5.96. The van der Waals surface area contributed by atoms with Gasteiger partial charge in [-0.25, -0.2) is 0 Å². The first-order chi connectivity index (χ1) is 10.5. The molecule has 2 N–H and O–H groups in total. The molecule has 0 aliphatic carbocycles. The number of nitrogens with one attached hydrogen (secondary N) is 2. The lowest BCUT2D eigenvalue weighted by molar-refractivity contribution is -0.140. The third-order valence-corrected chi connectivity index (χ3v) is 3.87. The number of rotatable bonds is 5. The maximum Gasteiger partial charge on any atom is 0.249 e. The molecule has 2 amide bonds. The van der Waals surface area contributed by atoms with Crippen LogP contribution in [0.25, 0.3) is 0 Å². The number of amides is 2. The molecule has 1 aromatic rings. The molecule has 2 heterocycles. The molecule has 0 unspecified atom stereocenters. The van der Waals surface area contributed by atoms with E-state index in [0.29, 0.717) is 19.4 Å². The average Bonchev–Trinajstić information content (AvgIpc) is 2.96. The van der Waals surface area contributed by atoms with Crippen molar-refractivity contribution in [3.05, 3.63) is 5.82 Å². The fourth-order valence-corrected chi connectivity index (χ4v) is 2.64. The third-order valence-electron chi connectivity index (χ3n) is 3.87. The van der Waals surface area contributed by atoms with Crippen molar-refractivity contribution in [1.82, 2.24) is 20.1 Å². The minimum atomic E-state index is -0.409. The summed E-state index contributed by atoms with van der Waals surface area (Å²) < 4.78 is 0. The van der Waals surface area contributed by atoms with Gasteiger partial charge < -0.3 is 4.90 Å². The number of nitrogens with zero attached hydrogens (tertiary/aromatic N) is 3. The average molecular weight is 307 g/mol. The number of piperidine rings is 1. The van der Waals surface area contributed by atoms with Crippen LogP contribution >= 0.6 is 0 Å². The molecule has 2 rings (SSSR count). The summed E-state index contributed by atoms with van der Waals surface area (Å²) in [5, 5.41) is 9.55. The first kappa shape index (κ1) is 16.5. The number of aromatic amines is 1. The second kappa shape index (κ2) is 7.38. The number of H-pyrrole nitrogens is 1. The topological polar surface area (TPSA) is 91.0 Å². The summed E-state index contributed by atoms with van der Waals surface area (Å²) >= 11 is 0. The molecule has 7 nitrogen and oxygen atoms in total. The molecule has 0 aromatic carbocycles. The molecular formula is C15H25N5O2. The maximum atomic E-state index is 12.5. The Hall–Kier alpha value is -1.92. The molecule has 1 saturated heterocycles. The van der Waals surface area contributed by atoms with Crippen molar-refractivity contribution in [3.8, 4) is 0 Å². The highest BCUT2D eigenvalue weighted by Crippen LogP contribution is 2.20. The van der Waals surface area contributed by atoms with Crippen molar-refractivity contribution in [3.63, 3.8) is 0 Å². The van der Waals surface area contributed by atoms with Gasteiger partial charge in [0.1, 0.15) is 11.9 Å². The van der Waals surface area contributed by atoms with Gasteiger partial charge in [0.25, 0.3) is 0 Å². The molecule has 0 bridgehead atoms. The van der Waals surface area contributed by atoms with Crippen LogP contribution < -0.4 is 5.32 Å². The summed E-state index contributed by atoms with van der Waals surface area (Å²) in [4.78, 5) is 30.6. The highest BCUT2D eigenvalue weighted by Gasteiger charge is 2.32. The van der Waals surface area contributed by atoms with Gasteiger partial charge in [0, 0.05) is 18.9 Å². The zero-order valence-electron chi connectivity index (χ0n) is 13.6. The largest absolute Gasteiger partial charge is 0.331 e. The maximum absolute atomic E-state index is 12.5. The van der Waals surface area contributed by atoms with Crippen molar-refractivity contribution in [1.29, 1.82) is 0 Å². The zero-order chi connectivity index (χ0) is 16.1. The predicted octanol–water partition coefficient (Wildman–Crippen LogP) is 2.05. The van der Waals surface area contributed by atoms with Gasteiger partial charge in [0.2, 0.25) is 17.8 Å². The molecular weight excluding hydrogens is 282 g/mol. The van der Waals surface area contributed by atoms with E-state index in [-0.39, 0.29) is 23.7 Å². The second-order valence-corrected chi connectivity index (χ2v) is 6.04. The standard InChI is InChI=1S/C15H25N5O2/c1-4-7-12(21)20-9-6-5-8-11(20)14(22)17-15-16-13(10(2)3)18-19-15/h10-11H,4-9H2,1-3H3,(H2,16,17,18,19,22)/t11-/m1/s1. The van der Waals surface area contributed by atoms with Crippen molar-refractivity contribution < 1.29 is 9.59 Å². The van der Waals surface area contributed by atoms with E-state index in [1.54, 1.807) is 4.90 Å². The molecule has 0 radical (unpaired) electrons. The summed E-state index contributed by atoms with van der Waals surface area (Å²) in [7, 11) is 0. The lowest BCUT2D eigenvalue weighted by Gasteiger charge is -2.34. The summed E-state index contributed by atoms with van der Waals surface area (Å²) in [6, 6.07) is -0.409. The first-order valence-electron chi connectivity index (χ1n) is 8.05. The quantitative estimate of drug-likeness (QED) is 0.871. The molecule has 1 fully saturated rings.